The number of halogens is 1. The van der Waals surface area contributed by atoms with E-state index in [0.717, 1.165) is 35.3 Å². The summed E-state index contributed by atoms with van der Waals surface area (Å²) in [5.41, 5.74) is 7.11. The van der Waals surface area contributed by atoms with Crippen LogP contribution in [0.3, 0.4) is 0 Å². The second-order valence-corrected chi connectivity index (χ2v) is 8.75. The number of aromatic nitrogens is 3. The van der Waals surface area contributed by atoms with Gasteiger partial charge in [0.15, 0.2) is 0 Å². The van der Waals surface area contributed by atoms with E-state index < -0.39 is 17.9 Å². The Morgan fingerprint density at radius 1 is 1.08 bits per heavy atom. The van der Waals surface area contributed by atoms with E-state index in [2.05, 4.69) is 32.2 Å². The highest BCUT2D eigenvalue weighted by Crippen LogP contribution is 2.25. The van der Waals surface area contributed by atoms with Gasteiger partial charge < -0.3 is 5.11 Å². The Balaban J connectivity index is 0.00000336. The van der Waals surface area contributed by atoms with Gasteiger partial charge >= 0.3 is 5.97 Å². The summed E-state index contributed by atoms with van der Waals surface area (Å²) in [7, 11) is 0. The van der Waals surface area contributed by atoms with Gasteiger partial charge in [0.2, 0.25) is 0 Å². The summed E-state index contributed by atoms with van der Waals surface area (Å²) >= 11 is 0. The molecule has 3 aromatic heterocycles. The van der Waals surface area contributed by atoms with Crippen molar-refractivity contribution < 1.29 is 14.7 Å². The molecule has 4 N–H and O–H groups in total. The van der Waals surface area contributed by atoms with Gasteiger partial charge in [0, 0.05) is 47.2 Å². The normalized spacial score (nSPS) is 14.8. The lowest BCUT2D eigenvalue weighted by Gasteiger charge is -2.20. The van der Waals surface area contributed by atoms with Crippen molar-refractivity contribution in [2.45, 2.75) is 25.4 Å². The SMILES string of the molecule is Cl.NNC(=O)c1cc(-c2ccc(C#Cc3ccc(CN4CCC[C@@H]4C(=O)O)nc3)cc2)nc2ccncc12. The predicted molar refractivity (Wildman–Crippen MR) is 145 cm³/mol. The number of pyridine rings is 3. The molecule has 1 amide bonds. The summed E-state index contributed by atoms with van der Waals surface area (Å²) in [5, 5.41) is 9.97. The van der Waals surface area contributed by atoms with Crippen molar-refractivity contribution in [1.29, 1.82) is 0 Å². The van der Waals surface area contributed by atoms with Crippen LogP contribution in [0.5, 0.6) is 0 Å². The zero-order valence-electron chi connectivity index (χ0n) is 20.3. The number of rotatable bonds is 5. The second-order valence-electron chi connectivity index (χ2n) is 8.75. The number of carboxylic acids is 1. The van der Waals surface area contributed by atoms with Crippen LogP contribution in [-0.4, -0.2) is 49.4 Å². The molecule has 1 atom stereocenters. The molecule has 1 aliphatic rings. The molecule has 0 aliphatic carbocycles. The number of hydrogen-bond donors (Lipinski definition) is 3. The highest BCUT2D eigenvalue weighted by molar-refractivity contribution is 6.06. The van der Waals surface area contributed by atoms with Crippen molar-refractivity contribution >= 4 is 35.2 Å². The van der Waals surface area contributed by atoms with Gasteiger partial charge in [0.25, 0.3) is 5.91 Å². The van der Waals surface area contributed by atoms with Gasteiger partial charge in [-0.05, 0) is 55.8 Å². The van der Waals surface area contributed by atoms with E-state index in [-0.39, 0.29) is 12.4 Å². The molecule has 1 aromatic carbocycles. The maximum atomic E-state index is 12.3. The fraction of sp³-hybridized carbons (Fsp3) is 0.179. The molecule has 192 valence electrons. The Hall–Kier alpha value is -4.36. The molecule has 1 aliphatic heterocycles. The maximum absolute atomic E-state index is 12.3. The molecule has 9 nitrogen and oxygen atoms in total. The van der Waals surface area contributed by atoms with E-state index in [4.69, 9.17) is 5.84 Å². The average molecular weight is 529 g/mol. The van der Waals surface area contributed by atoms with Crippen LogP contribution >= 0.6 is 12.4 Å². The molecule has 1 saturated heterocycles. The first-order chi connectivity index (χ1) is 18.0. The zero-order valence-corrected chi connectivity index (χ0v) is 21.1. The van der Waals surface area contributed by atoms with Gasteiger partial charge in [-0.2, -0.15) is 0 Å². The van der Waals surface area contributed by atoms with Crippen molar-refractivity contribution in [3.8, 4) is 23.1 Å². The van der Waals surface area contributed by atoms with Crippen LogP contribution in [0, 0.1) is 11.8 Å². The minimum absolute atomic E-state index is 0. The Bertz CT molecular complexity index is 1530. The van der Waals surface area contributed by atoms with E-state index >= 15 is 0 Å². The summed E-state index contributed by atoms with van der Waals surface area (Å²) in [6, 6.07) is 14.4. The molecule has 0 bridgehead atoms. The zero-order chi connectivity index (χ0) is 25.8. The van der Waals surface area contributed by atoms with Crippen molar-refractivity contribution in [2.24, 2.45) is 5.84 Å². The summed E-state index contributed by atoms with van der Waals surface area (Å²) in [6.45, 7) is 1.28. The Kier molecular flexibility index (Phi) is 8.28. The first-order valence-electron chi connectivity index (χ1n) is 11.8. The summed E-state index contributed by atoms with van der Waals surface area (Å²) in [5.74, 6) is 10.4. The van der Waals surface area contributed by atoms with E-state index in [1.165, 1.54) is 0 Å². The van der Waals surface area contributed by atoms with Crippen LogP contribution in [0.1, 0.15) is 40.0 Å². The highest BCUT2D eigenvalue weighted by atomic mass is 35.5. The molecule has 0 radical (unpaired) electrons. The van der Waals surface area contributed by atoms with Crippen LogP contribution in [0.25, 0.3) is 22.2 Å². The van der Waals surface area contributed by atoms with E-state index in [1.54, 1.807) is 30.7 Å². The van der Waals surface area contributed by atoms with Crippen molar-refractivity contribution in [3.63, 3.8) is 0 Å². The van der Waals surface area contributed by atoms with Crippen LogP contribution in [0.2, 0.25) is 0 Å². The number of nitrogens with two attached hydrogens (primary N) is 1. The number of aliphatic carboxylic acids is 1. The summed E-state index contributed by atoms with van der Waals surface area (Å²) < 4.78 is 0. The molecule has 10 heteroatoms. The molecule has 0 saturated carbocycles. The largest absolute Gasteiger partial charge is 0.480 e. The monoisotopic (exact) mass is 528 g/mol. The number of carbonyl (C=O) groups excluding carboxylic acids is 1. The lowest BCUT2D eigenvalue weighted by molar-refractivity contribution is -0.142. The topological polar surface area (TPSA) is 134 Å². The number of hydrogen-bond acceptors (Lipinski definition) is 7. The Morgan fingerprint density at radius 2 is 1.84 bits per heavy atom. The average Bonchev–Trinajstić information content (AvgIpc) is 3.40. The van der Waals surface area contributed by atoms with E-state index in [0.29, 0.717) is 35.1 Å². The lowest BCUT2D eigenvalue weighted by atomic mass is 10.0. The van der Waals surface area contributed by atoms with Gasteiger partial charge in [-0.15, -0.1) is 12.4 Å². The third kappa shape index (κ3) is 5.79. The third-order valence-electron chi connectivity index (χ3n) is 6.36. The van der Waals surface area contributed by atoms with Gasteiger partial charge in [-0.1, -0.05) is 24.0 Å². The van der Waals surface area contributed by atoms with Crippen molar-refractivity contribution in [3.05, 3.63) is 89.5 Å². The quantitative estimate of drug-likeness (QED) is 0.156. The van der Waals surface area contributed by atoms with Crippen LogP contribution in [-0.2, 0) is 11.3 Å². The molecule has 38 heavy (non-hydrogen) atoms. The number of nitrogen functional groups attached to an aromatic ring is 1. The Morgan fingerprint density at radius 3 is 2.55 bits per heavy atom. The van der Waals surface area contributed by atoms with Crippen molar-refractivity contribution in [2.75, 3.05) is 6.54 Å². The predicted octanol–water partition coefficient (Wildman–Crippen LogP) is 3.17. The summed E-state index contributed by atoms with van der Waals surface area (Å²) in [4.78, 5) is 38.8. The smallest absolute Gasteiger partial charge is 0.320 e. The number of likely N-dealkylation sites (tertiary alicyclic amines) is 1. The number of nitrogens with one attached hydrogen (secondary N) is 1. The highest BCUT2D eigenvalue weighted by Gasteiger charge is 2.30. The fourth-order valence-electron chi connectivity index (χ4n) is 4.45. The number of carbonyl (C=O) groups is 2. The molecule has 4 aromatic rings. The number of fused-ring (bicyclic) bond motifs is 1. The van der Waals surface area contributed by atoms with Gasteiger partial charge in [-0.3, -0.25) is 29.9 Å². The number of amides is 1. The Labute approximate surface area is 225 Å². The standard InChI is InChI=1S/C28H24N6O3.ClH/c29-33-27(35)22-14-25(32-24-11-12-30-16-23(22)24)20-8-5-18(6-9-20)3-4-19-7-10-21(31-15-19)17-34-13-1-2-26(34)28(36)37;/h5-12,14-16,26H,1-2,13,17,29H2,(H,33,35)(H,36,37);1H/t26-;/m1./s1. The lowest BCUT2D eigenvalue weighted by Crippen LogP contribution is -2.35. The third-order valence-corrected chi connectivity index (χ3v) is 6.36. The van der Waals surface area contributed by atoms with Crippen LogP contribution in [0.4, 0.5) is 0 Å². The summed E-state index contributed by atoms with van der Waals surface area (Å²) in [6.07, 6.45) is 6.49. The fourth-order valence-corrected chi connectivity index (χ4v) is 4.45. The van der Waals surface area contributed by atoms with E-state index in [1.807, 2.05) is 41.3 Å². The van der Waals surface area contributed by atoms with Gasteiger partial charge in [0.05, 0.1) is 22.5 Å². The molecule has 4 heterocycles. The molecular formula is C28H25ClN6O3. The van der Waals surface area contributed by atoms with Gasteiger partial charge in [0.1, 0.15) is 6.04 Å². The second kappa shape index (κ2) is 11.8. The number of nitrogens with zero attached hydrogens (tertiary/aromatic N) is 4. The number of benzene rings is 1. The minimum Gasteiger partial charge on any atom is -0.480 e. The maximum Gasteiger partial charge on any atom is 0.320 e. The molecular weight excluding hydrogens is 504 g/mol. The number of carboxylic acid groups (broad SMARTS) is 1. The van der Waals surface area contributed by atoms with Crippen molar-refractivity contribution in [1.82, 2.24) is 25.3 Å². The van der Waals surface area contributed by atoms with Gasteiger partial charge in [-0.25, -0.2) is 10.8 Å². The molecule has 0 unspecified atom stereocenters. The molecule has 5 rings (SSSR count). The molecule has 0 spiro atoms. The first-order valence-corrected chi connectivity index (χ1v) is 11.8. The first kappa shape index (κ1) is 26.7. The van der Waals surface area contributed by atoms with Crippen LogP contribution < -0.4 is 11.3 Å². The molecule has 1 fully saturated rings. The van der Waals surface area contributed by atoms with Crippen LogP contribution in [0.15, 0.2) is 67.1 Å². The number of hydrazine groups is 1. The minimum atomic E-state index is -0.777. The van der Waals surface area contributed by atoms with E-state index in [9.17, 15) is 14.7 Å².